The molecule has 3 nitrogen and oxygen atoms in total. The van der Waals surface area contributed by atoms with Gasteiger partial charge in [-0.3, -0.25) is 0 Å². The molecule has 0 bridgehead atoms. The predicted molar refractivity (Wildman–Crippen MR) is 78.2 cm³/mol. The Kier molecular flexibility index (Phi) is 3.20. The summed E-state index contributed by atoms with van der Waals surface area (Å²) >= 11 is 0. The van der Waals surface area contributed by atoms with Crippen molar-refractivity contribution in [3.63, 3.8) is 0 Å². The van der Waals surface area contributed by atoms with Gasteiger partial charge in [-0.2, -0.15) is 0 Å². The van der Waals surface area contributed by atoms with Crippen LogP contribution < -0.4 is 4.90 Å². The van der Waals surface area contributed by atoms with Gasteiger partial charge in [0.25, 0.3) is 0 Å². The molecule has 2 heterocycles. The fraction of sp³-hybridized carbons (Fsp3) is 0.375. The molecular weight excluding hydrogens is 234 g/mol. The smallest absolute Gasteiger partial charge is 0.225 e. The molecular formula is C16H19N3. The van der Waals surface area contributed by atoms with E-state index in [-0.39, 0.29) is 0 Å². The molecule has 0 saturated carbocycles. The number of benzene rings is 1. The molecule has 3 heteroatoms. The minimum atomic E-state index is 0.560. The zero-order valence-corrected chi connectivity index (χ0v) is 11.5. The monoisotopic (exact) mass is 253 g/mol. The van der Waals surface area contributed by atoms with Crippen molar-refractivity contribution in [1.82, 2.24) is 9.97 Å². The summed E-state index contributed by atoms with van der Waals surface area (Å²) in [6.45, 7) is 5.42. The largest absolute Gasteiger partial charge is 0.338 e. The normalized spacial score (nSPS) is 18.8. The molecule has 19 heavy (non-hydrogen) atoms. The quantitative estimate of drug-likeness (QED) is 0.821. The second-order valence-corrected chi connectivity index (χ2v) is 5.33. The van der Waals surface area contributed by atoms with E-state index < -0.39 is 0 Å². The van der Waals surface area contributed by atoms with E-state index in [2.05, 4.69) is 53.0 Å². The molecule has 0 radical (unpaired) electrons. The van der Waals surface area contributed by atoms with Crippen molar-refractivity contribution in [1.29, 1.82) is 0 Å². The second kappa shape index (κ2) is 5.00. The molecule has 1 aliphatic heterocycles. The average molecular weight is 253 g/mol. The summed E-state index contributed by atoms with van der Waals surface area (Å²) in [4.78, 5) is 11.4. The van der Waals surface area contributed by atoms with Gasteiger partial charge in [0.05, 0.1) is 0 Å². The van der Waals surface area contributed by atoms with E-state index >= 15 is 0 Å². The second-order valence-electron chi connectivity index (χ2n) is 5.33. The molecule has 2 aromatic rings. The molecule has 0 amide bonds. The van der Waals surface area contributed by atoms with Crippen LogP contribution in [-0.4, -0.2) is 22.6 Å². The van der Waals surface area contributed by atoms with Crippen molar-refractivity contribution in [2.45, 2.75) is 32.7 Å². The van der Waals surface area contributed by atoms with Gasteiger partial charge in [0, 0.05) is 30.5 Å². The number of anilines is 1. The lowest BCUT2D eigenvalue weighted by Crippen LogP contribution is -2.28. The Balaban J connectivity index is 1.86. The first-order valence-electron chi connectivity index (χ1n) is 6.90. The maximum absolute atomic E-state index is 4.53. The minimum absolute atomic E-state index is 0.560. The number of hydrogen-bond acceptors (Lipinski definition) is 3. The Morgan fingerprint density at radius 1 is 1.16 bits per heavy atom. The summed E-state index contributed by atoms with van der Waals surface area (Å²) in [5.41, 5.74) is 3.52. The summed E-state index contributed by atoms with van der Waals surface area (Å²) in [5.74, 6) is 0.862. The summed E-state index contributed by atoms with van der Waals surface area (Å²) in [6.07, 6.45) is 6.34. The van der Waals surface area contributed by atoms with Gasteiger partial charge in [-0.25, -0.2) is 9.97 Å². The molecule has 1 fully saturated rings. The Hall–Kier alpha value is -1.90. The van der Waals surface area contributed by atoms with Gasteiger partial charge >= 0.3 is 0 Å². The highest BCUT2D eigenvalue weighted by molar-refractivity contribution is 5.62. The molecule has 1 aliphatic rings. The molecule has 0 spiro atoms. The summed E-state index contributed by atoms with van der Waals surface area (Å²) < 4.78 is 0. The third kappa shape index (κ3) is 2.46. The lowest BCUT2D eigenvalue weighted by atomic mass is 10.1. The fourth-order valence-electron chi connectivity index (χ4n) is 2.67. The van der Waals surface area contributed by atoms with E-state index in [0.29, 0.717) is 6.04 Å². The van der Waals surface area contributed by atoms with Crippen LogP contribution in [0.1, 0.15) is 25.3 Å². The van der Waals surface area contributed by atoms with Crippen LogP contribution in [0.25, 0.3) is 11.1 Å². The maximum Gasteiger partial charge on any atom is 0.225 e. The van der Waals surface area contributed by atoms with Crippen molar-refractivity contribution >= 4 is 5.95 Å². The zero-order chi connectivity index (χ0) is 13.2. The van der Waals surface area contributed by atoms with Crippen LogP contribution in [0.2, 0.25) is 0 Å². The molecule has 1 aromatic heterocycles. The highest BCUT2D eigenvalue weighted by Gasteiger charge is 2.22. The summed E-state index contributed by atoms with van der Waals surface area (Å²) in [7, 11) is 0. The van der Waals surface area contributed by atoms with Gasteiger partial charge in [-0.1, -0.05) is 29.8 Å². The molecule has 1 unspecified atom stereocenters. The number of rotatable bonds is 2. The lowest BCUT2D eigenvalue weighted by molar-refractivity contribution is 0.717. The van der Waals surface area contributed by atoms with Crippen LogP contribution in [0.5, 0.6) is 0 Å². The fourth-order valence-corrected chi connectivity index (χ4v) is 2.67. The third-order valence-electron chi connectivity index (χ3n) is 3.80. The molecule has 3 rings (SSSR count). The van der Waals surface area contributed by atoms with E-state index in [1.54, 1.807) is 0 Å². The standard InChI is InChI=1S/C16H19N3/c1-12-5-3-7-14(9-12)15-10-17-16(18-11-15)19-8-4-6-13(19)2/h3,5,7,9-11,13H,4,6,8H2,1-2H3. The molecule has 0 aliphatic carbocycles. The highest BCUT2D eigenvalue weighted by Crippen LogP contribution is 2.24. The Bertz CT molecular complexity index is 562. The first-order valence-corrected chi connectivity index (χ1v) is 6.90. The lowest BCUT2D eigenvalue weighted by Gasteiger charge is -2.21. The first-order chi connectivity index (χ1) is 9.24. The van der Waals surface area contributed by atoms with Crippen molar-refractivity contribution in [2.75, 3.05) is 11.4 Å². The number of aromatic nitrogens is 2. The van der Waals surface area contributed by atoms with Crippen molar-refractivity contribution in [3.05, 3.63) is 42.2 Å². The topological polar surface area (TPSA) is 29.0 Å². The van der Waals surface area contributed by atoms with E-state index in [0.717, 1.165) is 18.1 Å². The molecule has 1 saturated heterocycles. The van der Waals surface area contributed by atoms with Crippen LogP contribution in [0.3, 0.4) is 0 Å². The Labute approximate surface area is 114 Å². The van der Waals surface area contributed by atoms with E-state index in [1.807, 2.05) is 12.4 Å². The van der Waals surface area contributed by atoms with E-state index in [1.165, 1.54) is 24.0 Å². The number of nitrogens with zero attached hydrogens (tertiary/aromatic N) is 3. The van der Waals surface area contributed by atoms with Gasteiger partial charge < -0.3 is 4.90 Å². The zero-order valence-electron chi connectivity index (χ0n) is 11.5. The molecule has 98 valence electrons. The van der Waals surface area contributed by atoms with Crippen LogP contribution in [-0.2, 0) is 0 Å². The molecule has 1 atom stereocenters. The van der Waals surface area contributed by atoms with Crippen LogP contribution in [0.15, 0.2) is 36.7 Å². The Morgan fingerprint density at radius 3 is 2.58 bits per heavy atom. The summed E-state index contributed by atoms with van der Waals surface area (Å²) in [6, 6.07) is 9.00. The molecule has 1 aromatic carbocycles. The van der Waals surface area contributed by atoms with Gasteiger partial charge in [-0.05, 0) is 32.3 Å². The average Bonchev–Trinajstić information content (AvgIpc) is 2.85. The van der Waals surface area contributed by atoms with Crippen molar-refractivity contribution in [3.8, 4) is 11.1 Å². The van der Waals surface area contributed by atoms with Gasteiger partial charge in [0.15, 0.2) is 0 Å². The van der Waals surface area contributed by atoms with Gasteiger partial charge in [0.2, 0.25) is 5.95 Å². The van der Waals surface area contributed by atoms with Crippen LogP contribution in [0.4, 0.5) is 5.95 Å². The Morgan fingerprint density at radius 2 is 1.95 bits per heavy atom. The highest BCUT2D eigenvalue weighted by atomic mass is 15.3. The SMILES string of the molecule is Cc1cccc(-c2cnc(N3CCCC3C)nc2)c1. The van der Waals surface area contributed by atoms with Gasteiger partial charge in [-0.15, -0.1) is 0 Å². The first kappa shape index (κ1) is 12.2. The molecule has 0 N–H and O–H groups in total. The maximum atomic E-state index is 4.53. The van der Waals surface area contributed by atoms with Crippen molar-refractivity contribution in [2.24, 2.45) is 0 Å². The van der Waals surface area contributed by atoms with Crippen LogP contribution in [0, 0.1) is 6.92 Å². The third-order valence-corrected chi connectivity index (χ3v) is 3.80. The number of aryl methyl sites for hydroxylation is 1. The van der Waals surface area contributed by atoms with Crippen LogP contribution >= 0.6 is 0 Å². The van der Waals surface area contributed by atoms with E-state index in [4.69, 9.17) is 0 Å². The minimum Gasteiger partial charge on any atom is -0.338 e. The predicted octanol–water partition coefficient (Wildman–Crippen LogP) is 3.44. The number of hydrogen-bond donors (Lipinski definition) is 0. The summed E-state index contributed by atoms with van der Waals surface area (Å²) in [5, 5.41) is 0. The van der Waals surface area contributed by atoms with Crippen molar-refractivity contribution < 1.29 is 0 Å². The van der Waals surface area contributed by atoms with Gasteiger partial charge in [0.1, 0.15) is 0 Å². The van der Waals surface area contributed by atoms with E-state index in [9.17, 15) is 0 Å².